The van der Waals surface area contributed by atoms with E-state index >= 15 is 0 Å². The molecular formula is C16H28N2O2. The summed E-state index contributed by atoms with van der Waals surface area (Å²) >= 11 is 0. The number of rotatable bonds is 2. The first-order valence-electron chi connectivity index (χ1n) is 8.32. The van der Waals surface area contributed by atoms with E-state index in [1.807, 2.05) is 6.92 Å². The van der Waals surface area contributed by atoms with Gasteiger partial charge in [0.2, 0.25) is 0 Å². The van der Waals surface area contributed by atoms with Gasteiger partial charge in [0, 0.05) is 18.2 Å². The van der Waals surface area contributed by atoms with Gasteiger partial charge in [0.05, 0.1) is 0 Å². The van der Waals surface area contributed by atoms with Crippen LogP contribution in [0.15, 0.2) is 0 Å². The number of ether oxygens (including phenoxy) is 1. The van der Waals surface area contributed by atoms with E-state index in [0.717, 1.165) is 38.8 Å². The van der Waals surface area contributed by atoms with Crippen LogP contribution in [-0.2, 0) is 9.53 Å². The van der Waals surface area contributed by atoms with Gasteiger partial charge in [-0.3, -0.25) is 4.79 Å². The van der Waals surface area contributed by atoms with Crippen molar-refractivity contribution in [3.05, 3.63) is 0 Å². The lowest BCUT2D eigenvalue weighted by molar-refractivity contribution is -0.140. The lowest BCUT2D eigenvalue weighted by Gasteiger charge is -2.45. The average Bonchev–Trinajstić information content (AvgIpc) is 2.88. The molecule has 0 bridgehead atoms. The Kier molecular flexibility index (Phi) is 4.04. The molecule has 4 heteroatoms. The van der Waals surface area contributed by atoms with Crippen molar-refractivity contribution in [1.29, 1.82) is 0 Å². The molecule has 2 unspecified atom stereocenters. The predicted octanol–water partition coefficient (Wildman–Crippen LogP) is 2.13. The summed E-state index contributed by atoms with van der Waals surface area (Å²) in [5.74, 6) is 0.104. The van der Waals surface area contributed by atoms with Crippen molar-refractivity contribution in [3.8, 4) is 0 Å². The summed E-state index contributed by atoms with van der Waals surface area (Å²) < 4.78 is 5.65. The maximum Gasteiger partial charge on any atom is 0.252 e. The molecule has 2 heterocycles. The fourth-order valence-electron chi connectivity index (χ4n) is 4.19. The van der Waals surface area contributed by atoms with Crippen molar-refractivity contribution in [3.63, 3.8) is 0 Å². The molecule has 2 aliphatic heterocycles. The van der Waals surface area contributed by atoms with Crippen molar-refractivity contribution in [2.75, 3.05) is 13.2 Å². The zero-order valence-corrected chi connectivity index (χ0v) is 12.7. The molecule has 4 nitrogen and oxygen atoms in total. The van der Waals surface area contributed by atoms with Crippen molar-refractivity contribution in [2.24, 2.45) is 0 Å². The fourth-order valence-corrected chi connectivity index (χ4v) is 4.19. The highest BCUT2D eigenvalue weighted by atomic mass is 16.5. The summed E-state index contributed by atoms with van der Waals surface area (Å²) in [5.41, 5.74) is -0.281. The molecule has 2 N–H and O–H groups in total. The van der Waals surface area contributed by atoms with E-state index in [0.29, 0.717) is 11.6 Å². The Labute approximate surface area is 122 Å². The summed E-state index contributed by atoms with van der Waals surface area (Å²) in [5, 5.41) is 7.00. The van der Waals surface area contributed by atoms with Gasteiger partial charge in [0.25, 0.3) is 5.91 Å². The second-order valence-electron chi connectivity index (χ2n) is 7.11. The maximum atomic E-state index is 12.4. The van der Waals surface area contributed by atoms with Crippen LogP contribution in [0, 0.1) is 0 Å². The van der Waals surface area contributed by atoms with Gasteiger partial charge in [-0.15, -0.1) is 0 Å². The number of amides is 1. The van der Waals surface area contributed by atoms with Crippen molar-refractivity contribution >= 4 is 5.91 Å². The fraction of sp³-hybridized carbons (Fsp3) is 0.938. The van der Waals surface area contributed by atoms with Crippen LogP contribution in [0.1, 0.15) is 64.7 Å². The summed E-state index contributed by atoms with van der Waals surface area (Å²) in [6.07, 6.45) is 10.6. The van der Waals surface area contributed by atoms with Gasteiger partial charge >= 0.3 is 0 Å². The van der Waals surface area contributed by atoms with Crippen LogP contribution in [0.4, 0.5) is 0 Å². The smallest absolute Gasteiger partial charge is 0.252 e. The Morgan fingerprint density at radius 2 is 2.00 bits per heavy atom. The van der Waals surface area contributed by atoms with E-state index in [9.17, 15) is 4.79 Å². The van der Waals surface area contributed by atoms with Gasteiger partial charge in [-0.05, 0) is 52.0 Å². The summed E-state index contributed by atoms with van der Waals surface area (Å²) in [7, 11) is 0. The Morgan fingerprint density at radius 1 is 1.20 bits per heavy atom. The molecule has 3 aliphatic rings. The average molecular weight is 280 g/mol. The highest BCUT2D eigenvalue weighted by Gasteiger charge is 2.41. The van der Waals surface area contributed by atoms with E-state index in [2.05, 4.69) is 10.6 Å². The molecule has 114 valence electrons. The van der Waals surface area contributed by atoms with Crippen LogP contribution in [0.25, 0.3) is 0 Å². The molecule has 1 amide bonds. The van der Waals surface area contributed by atoms with Crippen LogP contribution in [0.2, 0.25) is 0 Å². The summed E-state index contributed by atoms with van der Waals surface area (Å²) in [6, 6.07) is 0.322. The molecule has 1 saturated carbocycles. The van der Waals surface area contributed by atoms with Crippen LogP contribution in [0.5, 0.6) is 0 Å². The third-order valence-electron chi connectivity index (χ3n) is 5.47. The quantitative estimate of drug-likeness (QED) is 0.814. The first kappa shape index (κ1) is 14.3. The molecule has 0 aromatic heterocycles. The monoisotopic (exact) mass is 280 g/mol. The van der Waals surface area contributed by atoms with Crippen LogP contribution in [-0.4, -0.2) is 36.2 Å². The minimum Gasteiger partial charge on any atom is -0.365 e. The molecule has 2 saturated heterocycles. The Hall–Kier alpha value is -0.610. The third-order valence-corrected chi connectivity index (χ3v) is 5.47. The van der Waals surface area contributed by atoms with Crippen LogP contribution < -0.4 is 10.6 Å². The van der Waals surface area contributed by atoms with Crippen molar-refractivity contribution in [1.82, 2.24) is 10.6 Å². The van der Waals surface area contributed by atoms with Crippen molar-refractivity contribution < 1.29 is 9.53 Å². The van der Waals surface area contributed by atoms with Crippen LogP contribution in [0.3, 0.4) is 0 Å². The Balaban J connectivity index is 1.58. The highest BCUT2D eigenvalue weighted by molar-refractivity contribution is 5.85. The predicted molar refractivity (Wildman–Crippen MR) is 78.6 cm³/mol. The number of nitrogens with one attached hydrogen (secondary N) is 2. The number of carbonyl (C=O) groups is 1. The third kappa shape index (κ3) is 2.86. The minimum absolute atomic E-state index is 0.104. The van der Waals surface area contributed by atoms with Crippen LogP contribution >= 0.6 is 0 Å². The zero-order chi connectivity index (χ0) is 14.1. The van der Waals surface area contributed by atoms with Gasteiger partial charge in [0.1, 0.15) is 5.60 Å². The molecule has 1 spiro atoms. The normalized spacial score (nSPS) is 37.0. The zero-order valence-electron chi connectivity index (χ0n) is 12.7. The van der Waals surface area contributed by atoms with Gasteiger partial charge in [-0.2, -0.15) is 0 Å². The SMILES string of the molecule is CC1(C(=O)NC2CCNC3(CCCCC3)C2)CCCO1. The van der Waals surface area contributed by atoms with Gasteiger partial charge in [-0.1, -0.05) is 19.3 Å². The topological polar surface area (TPSA) is 50.4 Å². The van der Waals surface area contributed by atoms with E-state index in [4.69, 9.17) is 4.74 Å². The molecule has 2 atom stereocenters. The first-order valence-corrected chi connectivity index (χ1v) is 8.32. The largest absolute Gasteiger partial charge is 0.365 e. The first-order chi connectivity index (χ1) is 9.62. The second-order valence-corrected chi connectivity index (χ2v) is 7.11. The molecule has 0 aromatic carbocycles. The summed E-state index contributed by atoms with van der Waals surface area (Å²) in [6.45, 7) is 3.69. The molecule has 0 radical (unpaired) electrons. The van der Waals surface area contributed by atoms with E-state index in [1.54, 1.807) is 0 Å². The van der Waals surface area contributed by atoms with Gasteiger partial charge in [0.15, 0.2) is 0 Å². The Bertz CT molecular complexity index is 352. The lowest BCUT2D eigenvalue weighted by Crippen LogP contribution is -2.59. The highest BCUT2D eigenvalue weighted by Crippen LogP contribution is 2.35. The molecular weight excluding hydrogens is 252 g/mol. The second kappa shape index (κ2) is 5.64. The lowest BCUT2D eigenvalue weighted by atomic mass is 9.75. The minimum atomic E-state index is -0.579. The van der Waals surface area contributed by atoms with E-state index in [1.165, 1.54) is 32.1 Å². The van der Waals surface area contributed by atoms with Gasteiger partial charge < -0.3 is 15.4 Å². The van der Waals surface area contributed by atoms with Gasteiger partial charge in [-0.25, -0.2) is 0 Å². The molecule has 1 aliphatic carbocycles. The molecule has 20 heavy (non-hydrogen) atoms. The van der Waals surface area contributed by atoms with E-state index in [-0.39, 0.29) is 5.91 Å². The van der Waals surface area contributed by atoms with E-state index < -0.39 is 5.60 Å². The Morgan fingerprint density at radius 3 is 2.70 bits per heavy atom. The molecule has 3 rings (SSSR count). The number of carbonyl (C=O) groups excluding carboxylic acids is 1. The number of hydrogen-bond acceptors (Lipinski definition) is 3. The maximum absolute atomic E-state index is 12.4. The number of piperidine rings is 1. The standard InChI is InChI=1S/C16H28N2O2/c1-15(7-5-11-20-15)14(19)18-13-6-10-17-16(12-13)8-3-2-4-9-16/h13,17H,2-12H2,1H3,(H,18,19). The molecule has 0 aromatic rings. The van der Waals surface area contributed by atoms with Crippen molar-refractivity contribution in [2.45, 2.75) is 81.9 Å². The molecule has 3 fully saturated rings. The number of hydrogen-bond donors (Lipinski definition) is 2. The summed E-state index contributed by atoms with van der Waals surface area (Å²) in [4.78, 5) is 12.4.